The van der Waals surface area contributed by atoms with Crippen LogP contribution in [0, 0.1) is 0 Å². The Balaban J connectivity index is 1.94. The van der Waals surface area contributed by atoms with Crippen molar-refractivity contribution in [3.05, 3.63) is 102 Å². The second-order valence-corrected chi connectivity index (χ2v) is 9.39. The Hall–Kier alpha value is -3.77. The second-order valence-electron chi connectivity index (χ2n) is 9.39. The minimum atomic E-state index is -0.966. The number of rotatable bonds is 11. The summed E-state index contributed by atoms with van der Waals surface area (Å²) in [6.07, 6.45) is 1.12. The van der Waals surface area contributed by atoms with E-state index in [1.54, 1.807) is 0 Å². The number of hydrogen-bond donors (Lipinski definition) is 3. The van der Waals surface area contributed by atoms with E-state index >= 15 is 0 Å². The maximum absolute atomic E-state index is 13.4. The molecule has 0 radical (unpaired) electrons. The predicted molar refractivity (Wildman–Crippen MR) is 146 cm³/mol. The fraction of sp³-hybridized carbons (Fsp3) is 0.300. The summed E-state index contributed by atoms with van der Waals surface area (Å²) in [7, 11) is 0. The molecule has 0 heterocycles. The predicted octanol–water partition coefficient (Wildman–Crippen LogP) is 5.85. The summed E-state index contributed by atoms with van der Waals surface area (Å²) in [4.78, 5) is 30.0. The lowest BCUT2D eigenvalue weighted by Gasteiger charge is -2.30. The molecule has 188 valence electrons. The van der Waals surface area contributed by atoms with Gasteiger partial charge in [0.2, 0.25) is 5.91 Å². The van der Waals surface area contributed by atoms with Crippen molar-refractivity contribution >= 4 is 23.3 Å². The standard InChI is InChI=1S/C30H35N3O3/c1-5-14-26(28(34)35)31-27(23-17-10-7-11-18-23)24-19-12-13-20-25(24)32-29(36)30(3,4)33-21(2)22-15-8-6-9-16-22/h6-13,15-21,26,33H,5,14H2,1-4H3,(H,32,36)(H,34,35)/t21-,26+/m0/s1. The van der Waals surface area contributed by atoms with Gasteiger partial charge in [0.1, 0.15) is 6.04 Å². The minimum Gasteiger partial charge on any atom is -0.480 e. The van der Waals surface area contributed by atoms with E-state index in [1.165, 1.54) is 0 Å². The molecule has 0 aliphatic rings. The number of carbonyl (C=O) groups excluding carboxylic acids is 1. The Kier molecular flexibility index (Phi) is 9.14. The Morgan fingerprint density at radius 2 is 1.50 bits per heavy atom. The molecule has 0 saturated carbocycles. The van der Waals surface area contributed by atoms with Crippen LogP contribution >= 0.6 is 0 Å². The summed E-state index contributed by atoms with van der Waals surface area (Å²) in [5.41, 5.74) is 2.79. The van der Waals surface area contributed by atoms with Crippen molar-refractivity contribution in [2.24, 2.45) is 4.99 Å². The van der Waals surface area contributed by atoms with E-state index in [1.807, 2.05) is 113 Å². The summed E-state index contributed by atoms with van der Waals surface area (Å²) >= 11 is 0. The lowest BCUT2D eigenvalue weighted by molar-refractivity contribution is -0.138. The first kappa shape index (κ1) is 26.8. The van der Waals surface area contributed by atoms with Gasteiger partial charge in [-0.2, -0.15) is 0 Å². The zero-order valence-corrected chi connectivity index (χ0v) is 21.4. The van der Waals surface area contributed by atoms with Gasteiger partial charge in [0, 0.05) is 17.2 Å². The van der Waals surface area contributed by atoms with Crippen molar-refractivity contribution in [1.82, 2.24) is 5.32 Å². The topological polar surface area (TPSA) is 90.8 Å². The monoisotopic (exact) mass is 485 g/mol. The van der Waals surface area contributed by atoms with Crippen LogP contribution in [-0.4, -0.2) is 34.3 Å². The van der Waals surface area contributed by atoms with Crippen LogP contribution < -0.4 is 10.6 Å². The van der Waals surface area contributed by atoms with Crippen LogP contribution in [0.5, 0.6) is 0 Å². The van der Waals surface area contributed by atoms with Crippen LogP contribution in [0.1, 0.15) is 63.3 Å². The molecule has 0 bridgehead atoms. The third kappa shape index (κ3) is 6.89. The van der Waals surface area contributed by atoms with Crippen LogP contribution in [0.15, 0.2) is 89.9 Å². The van der Waals surface area contributed by atoms with Crippen LogP contribution in [0.4, 0.5) is 5.69 Å². The van der Waals surface area contributed by atoms with Gasteiger partial charge in [0.25, 0.3) is 0 Å². The van der Waals surface area contributed by atoms with E-state index in [0.29, 0.717) is 29.8 Å². The van der Waals surface area contributed by atoms with Gasteiger partial charge in [-0.25, -0.2) is 4.79 Å². The number of aliphatic carboxylic acids is 1. The zero-order chi connectivity index (χ0) is 26.1. The number of aliphatic imine (C=N–C) groups is 1. The fourth-order valence-corrected chi connectivity index (χ4v) is 4.08. The van der Waals surface area contributed by atoms with Gasteiger partial charge in [0.15, 0.2) is 0 Å². The highest BCUT2D eigenvalue weighted by atomic mass is 16.4. The number of carboxylic acids is 1. The fourth-order valence-electron chi connectivity index (χ4n) is 4.08. The SMILES string of the molecule is CCC[C@@H](N=C(c1ccccc1)c1ccccc1NC(=O)C(C)(C)N[C@@H](C)c1ccccc1)C(=O)O. The first-order valence-electron chi connectivity index (χ1n) is 12.3. The largest absolute Gasteiger partial charge is 0.480 e. The Bertz CT molecular complexity index is 1190. The van der Waals surface area contributed by atoms with E-state index in [0.717, 1.165) is 11.1 Å². The maximum atomic E-state index is 13.4. The van der Waals surface area contributed by atoms with Crippen LogP contribution in [-0.2, 0) is 9.59 Å². The van der Waals surface area contributed by atoms with Crippen molar-refractivity contribution in [3.8, 4) is 0 Å². The van der Waals surface area contributed by atoms with Crippen molar-refractivity contribution in [2.75, 3.05) is 5.32 Å². The van der Waals surface area contributed by atoms with Gasteiger partial charge in [-0.1, -0.05) is 92.2 Å². The molecule has 6 nitrogen and oxygen atoms in total. The van der Waals surface area contributed by atoms with Crippen molar-refractivity contribution < 1.29 is 14.7 Å². The first-order chi connectivity index (χ1) is 17.2. The number of carbonyl (C=O) groups is 2. The number of para-hydroxylation sites is 1. The van der Waals surface area contributed by atoms with Gasteiger partial charge in [-0.15, -0.1) is 0 Å². The molecular formula is C30H35N3O3. The van der Waals surface area contributed by atoms with Gasteiger partial charge in [-0.3, -0.25) is 15.1 Å². The van der Waals surface area contributed by atoms with Crippen molar-refractivity contribution in [2.45, 2.75) is 58.2 Å². The quantitative estimate of drug-likeness (QED) is 0.297. The number of carboxylic acid groups (broad SMARTS) is 1. The van der Waals surface area contributed by atoms with E-state index in [9.17, 15) is 14.7 Å². The minimum absolute atomic E-state index is 0.0333. The molecule has 3 rings (SSSR count). The van der Waals surface area contributed by atoms with E-state index < -0.39 is 17.6 Å². The van der Waals surface area contributed by atoms with Gasteiger partial charge in [0.05, 0.1) is 16.9 Å². The molecule has 0 aliphatic carbocycles. The summed E-state index contributed by atoms with van der Waals surface area (Å²) in [5, 5.41) is 16.2. The molecule has 0 aliphatic heterocycles. The molecule has 0 fully saturated rings. The molecule has 0 spiro atoms. The molecule has 3 N–H and O–H groups in total. The average Bonchev–Trinajstić information content (AvgIpc) is 2.87. The normalized spacial score (nSPS) is 13.6. The lowest BCUT2D eigenvalue weighted by Crippen LogP contribution is -2.50. The summed E-state index contributed by atoms with van der Waals surface area (Å²) < 4.78 is 0. The smallest absolute Gasteiger partial charge is 0.328 e. The van der Waals surface area contributed by atoms with Crippen LogP contribution in [0.25, 0.3) is 0 Å². The first-order valence-corrected chi connectivity index (χ1v) is 12.3. The zero-order valence-electron chi connectivity index (χ0n) is 21.4. The average molecular weight is 486 g/mol. The molecule has 6 heteroatoms. The molecule has 3 aromatic rings. The number of hydrogen-bond acceptors (Lipinski definition) is 4. The van der Waals surface area contributed by atoms with Gasteiger partial charge < -0.3 is 10.4 Å². The van der Waals surface area contributed by atoms with Crippen LogP contribution in [0.3, 0.4) is 0 Å². The molecule has 0 aromatic heterocycles. The molecule has 1 amide bonds. The molecular weight excluding hydrogens is 450 g/mol. The Morgan fingerprint density at radius 1 is 0.917 bits per heavy atom. The molecule has 0 unspecified atom stereocenters. The van der Waals surface area contributed by atoms with Crippen molar-refractivity contribution in [1.29, 1.82) is 0 Å². The van der Waals surface area contributed by atoms with Crippen molar-refractivity contribution in [3.63, 3.8) is 0 Å². The number of benzene rings is 3. The highest BCUT2D eigenvalue weighted by Gasteiger charge is 2.30. The van der Waals surface area contributed by atoms with E-state index in [-0.39, 0.29) is 11.9 Å². The Morgan fingerprint density at radius 3 is 2.11 bits per heavy atom. The molecule has 3 aromatic carbocycles. The van der Waals surface area contributed by atoms with E-state index in [4.69, 9.17) is 0 Å². The maximum Gasteiger partial charge on any atom is 0.328 e. The third-order valence-corrected chi connectivity index (χ3v) is 6.05. The van der Waals surface area contributed by atoms with Gasteiger partial charge in [-0.05, 0) is 38.8 Å². The lowest BCUT2D eigenvalue weighted by atomic mass is 9.97. The van der Waals surface area contributed by atoms with Crippen LogP contribution in [0.2, 0.25) is 0 Å². The second kappa shape index (κ2) is 12.3. The van der Waals surface area contributed by atoms with Gasteiger partial charge >= 0.3 is 5.97 Å². The number of amides is 1. The third-order valence-electron chi connectivity index (χ3n) is 6.05. The molecule has 0 saturated heterocycles. The highest BCUT2D eigenvalue weighted by molar-refractivity contribution is 6.18. The number of nitrogens with one attached hydrogen (secondary N) is 2. The molecule has 36 heavy (non-hydrogen) atoms. The Labute approximate surface area is 213 Å². The molecule has 2 atom stereocenters. The summed E-state index contributed by atoms with van der Waals surface area (Å²) in [5.74, 6) is -1.17. The number of nitrogens with zero attached hydrogens (tertiary/aromatic N) is 1. The summed E-state index contributed by atoms with van der Waals surface area (Å²) in [6, 6.07) is 25.9. The van der Waals surface area contributed by atoms with E-state index in [2.05, 4.69) is 15.6 Å². The summed E-state index contributed by atoms with van der Waals surface area (Å²) in [6.45, 7) is 7.65. The highest BCUT2D eigenvalue weighted by Crippen LogP contribution is 2.24. The number of anilines is 1.